The first-order chi connectivity index (χ1) is 6.19. The fraction of sp³-hybridized carbons (Fsp3) is 0.111. The molecule has 0 aromatic carbocycles. The molecule has 0 aliphatic heterocycles. The van der Waals surface area contributed by atoms with Crippen molar-refractivity contribution in [2.45, 2.75) is 6.92 Å². The van der Waals surface area contributed by atoms with Crippen LogP contribution in [0.15, 0.2) is 22.2 Å². The van der Waals surface area contributed by atoms with E-state index in [0.29, 0.717) is 10.6 Å². The molecule has 4 heteroatoms. The first-order valence-electron chi connectivity index (χ1n) is 3.80. The van der Waals surface area contributed by atoms with Crippen molar-refractivity contribution in [2.75, 3.05) is 0 Å². The Kier molecular flexibility index (Phi) is 2.64. The van der Waals surface area contributed by atoms with Crippen LogP contribution in [0.25, 0.3) is 12.2 Å². The number of allylic oxidation sites excluding steroid dienone is 1. The van der Waals surface area contributed by atoms with Gasteiger partial charge in [-0.05, 0) is 13.0 Å². The van der Waals surface area contributed by atoms with E-state index in [4.69, 9.17) is 0 Å². The molecule has 0 spiro atoms. The van der Waals surface area contributed by atoms with Crippen molar-refractivity contribution in [2.24, 2.45) is 0 Å². The zero-order chi connectivity index (χ0) is 9.84. The summed E-state index contributed by atoms with van der Waals surface area (Å²) in [5, 5.41) is 0.922. The molecule has 68 valence electrons. The van der Waals surface area contributed by atoms with Crippen LogP contribution < -0.4 is 21.8 Å². The molecule has 2 N–H and O–H groups in total. The minimum atomic E-state index is -0.501. The smallest absolute Gasteiger partial charge is 0.307 e. The van der Waals surface area contributed by atoms with Crippen LogP contribution in [-0.2, 0) is 0 Å². The zero-order valence-electron chi connectivity index (χ0n) is 7.26. The molecule has 1 aromatic heterocycles. The SMILES string of the molecule is C=CC=c1c(=O)[nH]c(=O)[nH]c1=CC. The third-order valence-electron chi connectivity index (χ3n) is 1.58. The number of aromatic amines is 2. The first kappa shape index (κ1) is 9.25. The second kappa shape index (κ2) is 3.71. The van der Waals surface area contributed by atoms with E-state index in [1.807, 2.05) is 0 Å². The van der Waals surface area contributed by atoms with Gasteiger partial charge in [-0.2, -0.15) is 0 Å². The minimum Gasteiger partial charge on any atom is -0.307 e. The van der Waals surface area contributed by atoms with Crippen LogP contribution >= 0.6 is 0 Å². The van der Waals surface area contributed by atoms with Gasteiger partial charge in [0.15, 0.2) is 0 Å². The standard InChI is InChI=1S/C9H10N2O2/c1-3-5-6-7(4-2)10-9(13)11-8(6)12/h3-5H,1H2,2H3,(H2,10,11,12,13). The van der Waals surface area contributed by atoms with Gasteiger partial charge in [-0.1, -0.05) is 18.7 Å². The highest BCUT2D eigenvalue weighted by atomic mass is 16.2. The van der Waals surface area contributed by atoms with Crippen molar-refractivity contribution in [3.63, 3.8) is 0 Å². The molecule has 0 aliphatic rings. The number of hydrogen-bond donors (Lipinski definition) is 2. The minimum absolute atomic E-state index is 0.406. The molecular weight excluding hydrogens is 168 g/mol. The van der Waals surface area contributed by atoms with Crippen LogP contribution in [0.1, 0.15) is 6.92 Å². The Morgan fingerprint density at radius 2 is 2.00 bits per heavy atom. The van der Waals surface area contributed by atoms with Gasteiger partial charge in [0.05, 0.1) is 10.6 Å². The molecule has 4 nitrogen and oxygen atoms in total. The molecule has 13 heavy (non-hydrogen) atoms. The molecule has 1 aromatic rings. The van der Waals surface area contributed by atoms with E-state index in [0.717, 1.165) is 0 Å². The third-order valence-corrected chi connectivity index (χ3v) is 1.58. The van der Waals surface area contributed by atoms with Gasteiger partial charge in [0.25, 0.3) is 5.56 Å². The second-order valence-electron chi connectivity index (χ2n) is 2.43. The lowest BCUT2D eigenvalue weighted by molar-refractivity contribution is 0.984. The summed E-state index contributed by atoms with van der Waals surface area (Å²) in [6.07, 6.45) is 4.70. The van der Waals surface area contributed by atoms with Crippen LogP contribution in [0, 0.1) is 0 Å². The Bertz CT molecular complexity index is 534. The quantitative estimate of drug-likeness (QED) is 0.569. The van der Waals surface area contributed by atoms with Crippen LogP contribution in [0.5, 0.6) is 0 Å². The largest absolute Gasteiger partial charge is 0.326 e. The molecule has 0 radical (unpaired) electrons. The van der Waals surface area contributed by atoms with Gasteiger partial charge < -0.3 is 4.98 Å². The molecule has 0 bridgehead atoms. The van der Waals surface area contributed by atoms with Gasteiger partial charge in [-0.15, -0.1) is 0 Å². The van der Waals surface area contributed by atoms with Gasteiger partial charge >= 0.3 is 5.69 Å². The highest BCUT2D eigenvalue weighted by Crippen LogP contribution is 1.58. The molecule has 1 rings (SSSR count). The number of nitrogens with one attached hydrogen (secondary N) is 2. The normalized spacial score (nSPS) is 13.3. The summed E-state index contributed by atoms with van der Waals surface area (Å²) in [6, 6.07) is 0. The summed E-state index contributed by atoms with van der Waals surface area (Å²) in [7, 11) is 0. The van der Waals surface area contributed by atoms with E-state index in [2.05, 4.69) is 16.5 Å². The van der Waals surface area contributed by atoms with E-state index in [1.165, 1.54) is 6.08 Å². The molecule has 0 amide bonds. The number of hydrogen-bond acceptors (Lipinski definition) is 2. The lowest BCUT2D eigenvalue weighted by Gasteiger charge is -1.87. The van der Waals surface area contributed by atoms with Crippen LogP contribution in [0.3, 0.4) is 0 Å². The van der Waals surface area contributed by atoms with Crippen LogP contribution in [0.4, 0.5) is 0 Å². The summed E-state index contributed by atoms with van der Waals surface area (Å²) in [4.78, 5) is 26.7. The maximum atomic E-state index is 11.2. The lowest BCUT2D eigenvalue weighted by atomic mass is 10.3. The monoisotopic (exact) mass is 178 g/mol. The molecule has 0 saturated carbocycles. The average Bonchev–Trinajstić information content (AvgIpc) is 2.09. The van der Waals surface area contributed by atoms with Gasteiger partial charge in [-0.25, -0.2) is 4.79 Å². The van der Waals surface area contributed by atoms with E-state index in [9.17, 15) is 9.59 Å². The third kappa shape index (κ3) is 1.84. The molecule has 0 fully saturated rings. The van der Waals surface area contributed by atoms with Gasteiger partial charge in [-0.3, -0.25) is 9.78 Å². The summed E-state index contributed by atoms with van der Waals surface area (Å²) in [6.45, 7) is 5.22. The van der Waals surface area contributed by atoms with Crippen LogP contribution in [-0.4, -0.2) is 9.97 Å². The number of H-pyrrole nitrogens is 2. The van der Waals surface area contributed by atoms with Crippen molar-refractivity contribution >= 4 is 12.2 Å². The Morgan fingerprint density at radius 3 is 2.54 bits per heavy atom. The molecular formula is C9H10N2O2. The Balaban J connectivity index is 3.91. The van der Waals surface area contributed by atoms with Crippen molar-refractivity contribution in [3.8, 4) is 0 Å². The Labute approximate surface area is 73.9 Å². The topological polar surface area (TPSA) is 65.7 Å². The van der Waals surface area contributed by atoms with E-state index in [-0.39, 0.29) is 0 Å². The van der Waals surface area contributed by atoms with Gasteiger partial charge in [0.2, 0.25) is 0 Å². The van der Waals surface area contributed by atoms with E-state index in [1.54, 1.807) is 19.1 Å². The lowest BCUT2D eigenvalue weighted by Crippen LogP contribution is -2.48. The van der Waals surface area contributed by atoms with Gasteiger partial charge in [0, 0.05) is 0 Å². The fourth-order valence-electron chi connectivity index (χ4n) is 1.02. The summed E-state index contributed by atoms with van der Waals surface area (Å²) >= 11 is 0. The van der Waals surface area contributed by atoms with Crippen molar-refractivity contribution in [1.29, 1.82) is 0 Å². The highest BCUT2D eigenvalue weighted by molar-refractivity contribution is 5.35. The number of aromatic nitrogens is 2. The van der Waals surface area contributed by atoms with Crippen molar-refractivity contribution < 1.29 is 0 Å². The van der Waals surface area contributed by atoms with Crippen molar-refractivity contribution in [3.05, 3.63) is 44.1 Å². The van der Waals surface area contributed by atoms with Gasteiger partial charge in [0.1, 0.15) is 0 Å². The van der Waals surface area contributed by atoms with E-state index >= 15 is 0 Å². The molecule has 0 unspecified atom stereocenters. The number of rotatable bonds is 1. The maximum absolute atomic E-state index is 11.2. The molecule has 1 heterocycles. The maximum Gasteiger partial charge on any atom is 0.326 e. The van der Waals surface area contributed by atoms with Crippen molar-refractivity contribution in [1.82, 2.24) is 9.97 Å². The Morgan fingerprint density at radius 1 is 1.31 bits per heavy atom. The average molecular weight is 178 g/mol. The summed E-state index contributed by atoms with van der Waals surface area (Å²) in [5.41, 5.74) is -0.906. The fourth-order valence-corrected chi connectivity index (χ4v) is 1.02. The Hall–Kier alpha value is -1.84. The second-order valence-corrected chi connectivity index (χ2v) is 2.43. The summed E-state index contributed by atoms with van der Waals surface area (Å²) in [5.74, 6) is 0. The molecule has 0 atom stereocenters. The highest BCUT2D eigenvalue weighted by Gasteiger charge is 1.91. The predicted molar refractivity (Wildman–Crippen MR) is 51.7 cm³/mol. The molecule has 0 saturated heterocycles. The van der Waals surface area contributed by atoms with E-state index < -0.39 is 11.2 Å². The summed E-state index contributed by atoms with van der Waals surface area (Å²) < 4.78 is 0. The zero-order valence-corrected chi connectivity index (χ0v) is 7.26. The molecule has 0 aliphatic carbocycles. The first-order valence-corrected chi connectivity index (χ1v) is 3.80. The predicted octanol–water partition coefficient (Wildman–Crippen LogP) is -1.17. The van der Waals surface area contributed by atoms with Crippen LogP contribution in [0.2, 0.25) is 0 Å².